The summed E-state index contributed by atoms with van der Waals surface area (Å²) in [7, 11) is 1.68. The van der Waals surface area contributed by atoms with Gasteiger partial charge in [-0.1, -0.05) is 37.3 Å². The predicted octanol–water partition coefficient (Wildman–Crippen LogP) is 2.15. The number of imidazole rings is 1. The zero-order valence-corrected chi connectivity index (χ0v) is 17.7. The van der Waals surface area contributed by atoms with Gasteiger partial charge in [0.15, 0.2) is 5.82 Å². The molecule has 0 spiro atoms. The average molecular weight is 416 g/mol. The van der Waals surface area contributed by atoms with Crippen molar-refractivity contribution in [2.24, 2.45) is 11.8 Å². The van der Waals surface area contributed by atoms with Crippen molar-refractivity contribution in [2.45, 2.75) is 32.4 Å². The Labute approximate surface area is 180 Å². The van der Waals surface area contributed by atoms with E-state index in [1.165, 1.54) is 4.90 Å². The van der Waals surface area contributed by atoms with Gasteiger partial charge >= 0.3 is 0 Å². The number of carbonyl (C=O) groups is 2. The van der Waals surface area contributed by atoms with E-state index in [0.29, 0.717) is 18.1 Å². The Hall–Kier alpha value is -3.55. The van der Waals surface area contributed by atoms with E-state index in [9.17, 15) is 9.59 Å². The van der Waals surface area contributed by atoms with Crippen LogP contribution in [-0.2, 0) is 11.3 Å². The quantitative estimate of drug-likeness (QED) is 0.704. The standard InChI is InChI=1S/C23H24N6O2/c1-13-17-18(13)20(23(31)28(3)21-19(17)24-9-10-25-21)27-22(30)16-12-29(14(2)26-16)11-15-7-5-4-6-8-15/h4-10,12-13,17-18,20H,11H2,1-3H3,(H,27,30)/t13-,17+,18-,20-/m0/s1. The van der Waals surface area contributed by atoms with E-state index in [-0.39, 0.29) is 29.6 Å². The molecule has 1 aliphatic carbocycles. The van der Waals surface area contributed by atoms with Crippen LogP contribution < -0.4 is 10.2 Å². The van der Waals surface area contributed by atoms with Gasteiger partial charge in [-0.05, 0) is 18.4 Å². The lowest BCUT2D eigenvalue weighted by Gasteiger charge is -2.23. The van der Waals surface area contributed by atoms with Gasteiger partial charge in [0.2, 0.25) is 0 Å². The number of rotatable bonds is 4. The summed E-state index contributed by atoms with van der Waals surface area (Å²) in [4.78, 5) is 41.0. The highest BCUT2D eigenvalue weighted by atomic mass is 16.2. The minimum Gasteiger partial charge on any atom is -0.339 e. The largest absolute Gasteiger partial charge is 0.339 e. The number of anilines is 1. The molecule has 0 saturated heterocycles. The average Bonchev–Trinajstić information content (AvgIpc) is 3.33. The first kappa shape index (κ1) is 19.4. The maximum absolute atomic E-state index is 13.2. The SMILES string of the molecule is Cc1nc(C(=O)N[C@@H]2C(=O)N(C)c3nccnc3[C@@H]3[C@H](C)[C@@H]32)cn1Cc1ccccc1. The van der Waals surface area contributed by atoms with Crippen molar-refractivity contribution < 1.29 is 9.59 Å². The van der Waals surface area contributed by atoms with Crippen molar-refractivity contribution in [3.63, 3.8) is 0 Å². The number of hydrogen-bond donors (Lipinski definition) is 1. The number of aryl methyl sites for hydroxylation is 1. The number of carbonyl (C=O) groups excluding carboxylic acids is 2. The molecule has 0 bridgehead atoms. The molecular formula is C23H24N6O2. The molecule has 1 fully saturated rings. The number of nitrogens with zero attached hydrogens (tertiary/aromatic N) is 5. The third-order valence-corrected chi connectivity index (χ3v) is 6.46. The number of benzene rings is 1. The number of hydrogen-bond acceptors (Lipinski definition) is 5. The Morgan fingerprint density at radius 2 is 1.90 bits per heavy atom. The van der Waals surface area contributed by atoms with Gasteiger partial charge in [-0.15, -0.1) is 0 Å². The number of amides is 2. The summed E-state index contributed by atoms with van der Waals surface area (Å²) in [5.41, 5.74) is 2.27. The molecule has 3 heterocycles. The molecule has 3 aromatic rings. The van der Waals surface area contributed by atoms with Gasteiger partial charge in [0.1, 0.15) is 17.6 Å². The first-order valence-electron chi connectivity index (χ1n) is 10.4. The van der Waals surface area contributed by atoms with Crippen LogP contribution in [0, 0.1) is 18.8 Å². The lowest BCUT2D eigenvalue weighted by atomic mass is 10.1. The van der Waals surface area contributed by atoms with Crippen LogP contribution in [-0.4, -0.2) is 44.4 Å². The van der Waals surface area contributed by atoms with Crippen LogP contribution in [0.25, 0.3) is 0 Å². The molecule has 0 unspecified atom stereocenters. The smallest absolute Gasteiger partial charge is 0.272 e. The second-order valence-corrected chi connectivity index (χ2v) is 8.36. The molecule has 8 nitrogen and oxygen atoms in total. The molecule has 4 atom stereocenters. The molecule has 1 saturated carbocycles. The van der Waals surface area contributed by atoms with E-state index in [1.807, 2.05) is 41.8 Å². The Balaban J connectivity index is 1.37. The number of fused-ring (bicyclic) bond motifs is 3. The fourth-order valence-corrected chi connectivity index (χ4v) is 4.68. The Morgan fingerprint density at radius 3 is 2.68 bits per heavy atom. The van der Waals surface area contributed by atoms with E-state index < -0.39 is 6.04 Å². The molecule has 0 radical (unpaired) electrons. The third-order valence-electron chi connectivity index (χ3n) is 6.46. The van der Waals surface area contributed by atoms with Gasteiger partial charge in [-0.25, -0.2) is 9.97 Å². The normalized spacial score (nSPS) is 24.2. The van der Waals surface area contributed by atoms with Crippen molar-refractivity contribution in [1.29, 1.82) is 0 Å². The van der Waals surface area contributed by atoms with Crippen LogP contribution in [0.15, 0.2) is 48.9 Å². The molecule has 1 N–H and O–H groups in total. The van der Waals surface area contributed by atoms with Gasteiger partial charge < -0.3 is 9.88 Å². The molecule has 2 aliphatic rings. The summed E-state index contributed by atoms with van der Waals surface area (Å²) >= 11 is 0. The van der Waals surface area contributed by atoms with E-state index in [4.69, 9.17) is 0 Å². The predicted molar refractivity (Wildman–Crippen MR) is 115 cm³/mol. The Kier molecular flexibility index (Phi) is 4.57. The maximum Gasteiger partial charge on any atom is 0.272 e. The van der Waals surface area contributed by atoms with Crippen molar-refractivity contribution >= 4 is 17.6 Å². The third kappa shape index (κ3) is 3.28. The van der Waals surface area contributed by atoms with Crippen LogP contribution in [0.1, 0.15) is 40.4 Å². The summed E-state index contributed by atoms with van der Waals surface area (Å²) in [5, 5.41) is 2.95. The van der Waals surface area contributed by atoms with Gasteiger partial charge in [0, 0.05) is 44.0 Å². The molecule has 2 amide bonds. The molecule has 2 aromatic heterocycles. The minimum absolute atomic E-state index is 0.00403. The number of likely N-dealkylation sites (N-methyl/N-ethyl adjacent to an activating group) is 1. The lowest BCUT2D eigenvalue weighted by Crippen LogP contribution is -2.49. The fourth-order valence-electron chi connectivity index (χ4n) is 4.68. The van der Waals surface area contributed by atoms with Crippen LogP contribution in [0.2, 0.25) is 0 Å². The highest BCUT2D eigenvalue weighted by Gasteiger charge is 2.59. The van der Waals surface area contributed by atoms with Gasteiger partial charge in [-0.3, -0.25) is 19.5 Å². The van der Waals surface area contributed by atoms with Crippen LogP contribution in [0.5, 0.6) is 0 Å². The summed E-state index contributed by atoms with van der Waals surface area (Å²) in [5.74, 6) is 1.17. The summed E-state index contributed by atoms with van der Waals surface area (Å²) in [6.07, 6.45) is 4.99. The van der Waals surface area contributed by atoms with Crippen molar-refractivity contribution in [3.8, 4) is 0 Å². The van der Waals surface area contributed by atoms with E-state index in [2.05, 4.69) is 27.2 Å². The van der Waals surface area contributed by atoms with Gasteiger partial charge in [0.25, 0.3) is 11.8 Å². The Morgan fingerprint density at radius 1 is 1.16 bits per heavy atom. The second kappa shape index (κ2) is 7.30. The van der Waals surface area contributed by atoms with E-state index >= 15 is 0 Å². The van der Waals surface area contributed by atoms with E-state index in [1.54, 1.807) is 25.6 Å². The number of aromatic nitrogens is 4. The molecule has 8 heteroatoms. The highest BCUT2D eigenvalue weighted by Crippen LogP contribution is 2.58. The molecule has 1 aliphatic heterocycles. The maximum atomic E-state index is 13.2. The zero-order valence-electron chi connectivity index (χ0n) is 17.7. The van der Waals surface area contributed by atoms with Gasteiger partial charge in [0.05, 0.1) is 5.69 Å². The molecule has 158 valence electrons. The summed E-state index contributed by atoms with van der Waals surface area (Å²) in [6, 6.07) is 9.38. The number of nitrogens with one attached hydrogen (secondary N) is 1. The topological polar surface area (TPSA) is 93.0 Å². The summed E-state index contributed by atoms with van der Waals surface area (Å²) < 4.78 is 1.94. The highest BCUT2D eigenvalue weighted by molar-refractivity contribution is 6.02. The Bertz CT molecular complexity index is 1160. The van der Waals surface area contributed by atoms with Crippen molar-refractivity contribution in [2.75, 3.05) is 11.9 Å². The first-order valence-corrected chi connectivity index (χ1v) is 10.4. The fraction of sp³-hybridized carbons (Fsp3) is 0.348. The minimum atomic E-state index is -0.631. The van der Waals surface area contributed by atoms with Crippen molar-refractivity contribution in [3.05, 3.63) is 71.7 Å². The monoisotopic (exact) mass is 416 g/mol. The molecule has 31 heavy (non-hydrogen) atoms. The van der Waals surface area contributed by atoms with Crippen LogP contribution in [0.3, 0.4) is 0 Å². The van der Waals surface area contributed by atoms with Gasteiger partial charge in [-0.2, -0.15) is 0 Å². The molecule has 5 rings (SSSR count). The van der Waals surface area contributed by atoms with Crippen LogP contribution >= 0.6 is 0 Å². The summed E-state index contributed by atoms with van der Waals surface area (Å²) in [6.45, 7) is 4.59. The first-order chi connectivity index (χ1) is 15.0. The van der Waals surface area contributed by atoms with Crippen LogP contribution in [0.4, 0.5) is 5.82 Å². The lowest BCUT2D eigenvalue weighted by molar-refractivity contribution is -0.120. The second-order valence-electron chi connectivity index (χ2n) is 8.36. The zero-order chi connectivity index (χ0) is 21.7. The molecular weight excluding hydrogens is 392 g/mol. The van der Waals surface area contributed by atoms with Crippen molar-refractivity contribution in [1.82, 2.24) is 24.8 Å². The van der Waals surface area contributed by atoms with E-state index in [0.717, 1.165) is 17.1 Å². The molecule has 1 aromatic carbocycles.